The van der Waals surface area contributed by atoms with Crippen LogP contribution in [0.15, 0.2) is 48.5 Å². The van der Waals surface area contributed by atoms with Crippen molar-refractivity contribution in [2.75, 3.05) is 7.11 Å². The summed E-state index contributed by atoms with van der Waals surface area (Å²) < 4.78 is 4.69. The molecule has 126 valence electrons. The van der Waals surface area contributed by atoms with Gasteiger partial charge < -0.3 is 15.2 Å². The van der Waals surface area contributed by atoms with Crippen LogP contribution in [0.3, 0.4) is 0 Å². The fourth-order valence-electron chi connectivity index (χ4n) is 2.29. The SMILES string of the molecule is COC(=O)CC(NC(=O)Cc1ccc(O)cc1)c1ccccc1Cl. The topological polar surface area (TPSA) is 75.6 Å². The first-order valence-electron chi connectivity index (χ1n) is 7.38. The summed E-state index contributed by atoms with van der Waals surface area (Å²) in [6.07, 6.45) is 0.115. The van der Waals surface area contributed by atoms with Crippen molar-refractivity contribution >= 4 is 23.5 Å². The largest absolute Gasteiger partial charge is 0.508 e. The van der Waals surface area contributed by atoms with Crippen LogP contribution in [0.2, 0.25) is 5.02 Å². The highest BCUT2D eigenvalue weighted by atomic mass is 35.5. The number of phenols is 1. The van der Waals surface area contributed by atoms with Crippen LogP contribution in [0.1, 0.15) is 23.6 Å². The van der Waals surface area contributed by atoms with Crippen molar-refractivity contribution in [1.82, 2.24) is 5.32 Å². The number of carbonyl (C=O) groups is 2. The van der Waals surface area contributed by atoms with Gasteiger partial charge in [0.2, 0.25) is 5.91 Å². The third kappa shape index (κ3) is 4.99. The van der Waals surface area contributed by atoms with Crippen molar-refractivity contribution in [3.05, 3.63) is 64.7 Å². The summed E-state index contributed by atoms with van der Waals surface area (Å²) in [6, 6.07) is 12.8. The molecule has 6 heteroatoms. The van der Waals surface area contributed by atoms with Gasteiger partial charge in [-0.05, 0) is 29.3 Å². The first-order valence-corrected chi connectivity index (χ1v) is 7.76. The summed E-state index contributed by atoms with van der Waals surface area (Å²) in [5.41, 5.74) is 1.41. The smallest absolute Gasteiger partial charge is 0.307 e. The highest BCUT2D eigenvalue weighted by Gasteiger charge is 2.21. The summed E-state index contributed by atoms with van der Waals surface area (Å²) in [5, 5.41) is 12.6. The summed E-state index contributed by atoms with van der Waals surface area (Å²) in [6.45, 7) is 0. The molecule has 24 heavy (non-hydrogen) atoms. The molecule has 2 aromatic rings. The Bertz CT molecular complexity index is 715. The lowest BCUT2D eigenvalue weighted by Crippen LogP contribution is -2.31. The van der Waals surface area contributed by atoms with Gasteiger partial charge in [-0.2, -0.15) is 0 Å². The number of aromatic hydroxyl groups is 1. The molecule has 0 aliphatic rings. The molecule has 0 fully saturated rings. The van der Waals surface area contributed by atoms with E-state index < -0.39 is 12.0 Å². The number of nitrogens with one attached hydrogen (secondary N) is 1. The van der Waals surface area contributed by atoms with Crippen molar-refractivity contribution in [3.63, 3.8) is 0 Å². The number of halogens is 1. The minimum absolute atomic E-state index is 0.0124. The quantitative estimate of drug-likeness (QED) is 0.788. The molecule has 1 atom stereocenters. The molecule has 2 N–H and O–H groups in total. The molecule has 2 rings (SSSR count). The van der Waals surface area contributed by atoms with Gasteiger partial charge in [-0.1, -0.05) is 41.9 Å². The zero-order valence-electron chi connectivity index (χ0n) is 13.2. The number of benzene rings is 2. The van der Waals surface area contributed by atoms with Crippen LogP contribution >= 0.6 is 11.6 Å². The van der Waals surface area contributed by atoms with Crippen LogP contribution in [0, 0.1) is 0 Å². The fraction of sp³-hybridized carbons (Fsp3) is 0.222. The molecule has 0 heterocycles. The van der Waals surface area contributed by atoms with E-state index in [1.54, 1.807) is 36.4 Å². The van der Waals surface area contributed by atoms with Crippen LogP contribution in [-0.2, 0) is 20.7 Å². The van der Waals surface area contributed by atoms with E-state index in [-0.39, 0.29) is 24.5 Å². The number of carbonyl (C=O) groups excluding carboxylic acids is 2. The Morgan fingerprint density at radius 3 is 2.46 bits per heavy atom. The van der Waals surface area contributed by atoms with Gasteiger partial charge in [-0.3, -0.25) is 9.59 Å². The third-order valence-electron chi connectivity index (χ3n) is 3.52. The van der Waals surface area contributed by atoms with Gasteiger partial charge in [0.1, 0.15) is 5.75 Å². The molecule has 0 aliphatic heterocycles. The fourth-order valence-corrected chi connectivity index (χ4v) is 2.56. The Kier molecular flexibility index (Phi) is 6.21. The molecular formula is C18H18ClNO4. The molecule has 0 bridgehead atoms. The van der Waals surface area contributed by atoms with Crippen LogP contribution in [0.25, 0.3) is 0 Å². The number of phenolic OH excluding ortho intramolecular Hbond substituents is 1. The molecule has 5 nitrogen and oxygen atoms in total. The van der Waals surface area contributed by atoms with E-state index >= 15 is 0 Å². The summed E-state index contributed by atoms with van der Waals surface area (Å²) in [4.78, 5) is 23.9. The number of methoxy groups -OCH3 is 1. The van der Waals surface area contributed by atoms with Crippen molar-refractivity contribution in [2.24, 2.45) is 0 Å². The van der Waals surface area contributed by atoms with Crippen molar-refractivity contribution < 1.29 is 19.4 Å². The molecule has 0 saturated heterocycles. The average molecular weight is 348 g/mol. The van der Waals surface area contributed by atoms with E-state index in [4.69, 9.17) is 16.3 Å². The minimum atomic E-state index is -0.573. The molecule has 0 aromatic heterocycles. The van der Waals surface area contributed by atoms with Gasteiger partial charge in [0, 0.05) is 5.02 Å². The predicted molar refractivity (Wildman–Crippen MR) is 90.8 cm³/mol. The van der Waals surface area contributed by atoms with Gasteiger partial charge in [-0.15, -0.1) is 0 Å². The predicted octanol–water partition coefficient (Wildman–Crippen LogP) is 3.01. The maximum atomic E-state index is 12.3. The zero-order chi connectivity index (χ0) is 17.5. The lowest BCUT2D eigenvalue weighted by atomic mass is 10.0. The number of amides is 1. The van der Waals surface area contributed by atoms with E-state index in [1.807, 2.05) is 0 Å². The Balaban J connectivity index is 2.12. The maximum absolute atomic E-state index is 12.3. The first-order chi connectivity index (χ1) is 11.5. The van der Waals surface area contributed by atoms with Gasteiger partial charge >= 0.3 is 5.97 Å². The van der Waals surface area contributed by atoms with E-state index in [0.29, 0.717) is 10.6 Å². The summed E-state index contributed by atoms with van der Waals surface area (Å²) in [7, 11) is 1.30. The monoisotopic (exact) mass is 347 g/mol. The van der Waals surface area contributed by atoms with Gasteiger partial charge in [0.25, 0.3) is 0 Å². The highest BCUT2D eigenvalue weighted by molar-refractivity contribution is 6.31. The van der Waals surface area contributed by atoms with Crippen LogP contribution in [0.4, 0.5) is 0 Å². The first kappa shape index (κ1) is 17.8. The lowest BCUT2D eigenvalue weighted by molar-refractivity contribution is -0.141. The molecule has 1 unspecified atom stereocenters. The number of ether oxygens (including phenoxy) is 1. The molecule has 0 radical (unpaired) electrons. The van der Waals surface area contributed by atoms with E-state index in [2.05, 4.69) is 5.32 Å². The Morgan fingerprint density at radius 2 is 1.83 bits per heavy atom. The minimum Gasteiger partial charge on any atom is -0.508 e. The van der Waals surface area contributed by atoms with Crippen molar-refractivity contribution in [1.29, 1.82) is 0 Å². The molecule has 1 amide bonds. The Hall–Kier alpha value is -2.53. The van der Waals surface area contributed by atoms with Crippen molar-refractivity contribution in [3.8, 4) is 5.75 Å². The van der Waals surface area contributed by atoms with Crippen LogP contribution < -0.4 is 5.32 Å². The summed E-state index contributed by atoms with van der Waals surface area (Å²) in [5.74, 6) is -0.557. The van der Waals surface area contributed by atoms with Crippen LogP contribution in [-0.4, -0.2) is 24.1 Å². The number of hydrogen-bond acceptors (Lipinski definition) is 4. The van der Waals surface area contributed by atoms with Gasteiger partial charge in [-0.25, -0.2) is 0 Å². The normalized spacial score (nSPS) is 11.6. The van der Waals surface area contributed by atoms with Gasteiger partial charge in [0.05, 0.1) is 26.0 Å². The maximum Gasteiger partial charge on any atom is 0.307 e. The third-order valence-corrected chi connectivity index (χ3v) is 3.86. The second-order valence-electron chi connectivity index (χ2n) is 5.27. The molecular weight excluding hydrogens is 330 g/mol. The lowest BCUT2D eigenvalue weighted by Gasteiger charge is -2.19. The molecule has 0 spiro atoms. The summed E-state index contributed by atoms with van der Waals surface area (Å²) >= 11 is 6.18. The Labute approximate surface area is 145 Å². The van der Waals surface area contributed by atoms with E-state index in [1.165, 1.54) is 19.2 Å². The molecule has 2 aromatic carbocycles. The van der Waals surface area contributed by atoms with Gasteiger partial charge in [0.15, 0.2) is 0 Å². The number of rotatable bonds is 6. The zero-order valence-corrected chi connectivity index (χ0v) is 13.9. The van der Waals surface area contributed by atoms with Crippen LogP contribution in [0.5, 0.6) is 5.75 Å². The average Bonchev–Trinajstić information content (AvgIpc) is 2.56. The second-order valence-corrected chi connectivity index (χ2v) is 5.67. The van der Waals surface area contributed by atoms with Crippen molar-refractivity contribution in [2.45, 2.75) is 18.9 Å². The number of hydrogen-bond donors (Lipinski definition) is 2. The number of esters is 1. The van der Waals surface area contributed by atoms with E-state index in [9.17, 15) is 14.7 Å². The highest BCUT2D eigenvalue weighted by Crippen LogP contribution is 2.25. The molecule has 0 saturated carbocycles. The molecule has 0 aliphatic carbocycles. The standard InChI is InChI=1S/C18H18ClNO4/c1-24-18(23)11-16(14-4-2-3-5-15(14)19)20-17(22)10-12-6-8-13(21)9-7-12/h2-9,16,21H,10-11H2,1H3,(H,20,22). The second kappa shape index (κ2) is 8.36. The Morgan fingerprint density at radius 1 is 1.17 bits per heavy atom. The van der Waals surface area contributed by atoms with E-state index in [0.717, 1.165) is 5.56 Å².